The van der Waals surface area contributed by atoms with Gasteiger partial charge in [-0.2, -0.15) is 0 Å². The predicted molar refractivity (Wildman–Crippen MR) is 81.2 cm³/mol. The largest absolute Gasteiger partial charge is 0.491 e. The molecule has 1 aromatic carbocycles. The average molecular weight is 314 g/mol. The minimum atomic E-state index is 0.270. The average Bonchev–Trinajstić information content (AvgIpc) is 2.31. The lowest BCUT2D eigenvalue weighted by molar-refractivity contribution is 0.207. The van der Waals surface area contributed by atoms with Gasteiger partial charge in [0.2, 0.25) is 0 Å². The summed E-state index contributed by atoms with van der Waals surface area (Å²) in [7, 11) is 0. The van der Waals surface area contributed by atoms with Crippen LogP contribution in [-0.2, 0) is 0 Å². The second-order valence-electron chi connectivity index (χ2n) is 5.12. The Labute approximate surface area is 119 Å². The number of rotatable bonds is 8. The summed E-state index contributed by atoms with van der Waals surface area (Å²) in [5.41, 5.74) is 0. The zero-order valence-electron chi connectivity index (χ0n) is 11.6. The van der Waals surface area contributed by atoms with Crippen molar-refractivity contribution < 1.29 is 4.74 Å². The molecular weight excluding hydrogens is 290 g/mol. The summed E-state index contributed by atoms with van der Waals surface area (Å²) in [5.74, 6) is 1.67. The molecule has 0 fully saturated rings. The van der Waals surface area contributed by atoms with Gasteiger partial charge in [0.25, 0.3) is 0 Å². The Kier molecular flexibility index (Phi) is 7.36. The Morgan fingerprint density at radius 1 is 1.17 bits per heavy atom. The van der Waals surface area contributed by atoms with Crippen molar-refractivity contribution in [3.63, 3.8) is 0 Å². The van der Waals surface area contributed by atoms with E-state index in [0.29, 0.717) is 0 Å². The first-order valence-electron chi connectivity index (χ1n) is 6.71. The van der Waals surface area contributed by atoms with Crippen LogP contribution in [0.4, 0.5) is 0 Å². The first kappa shape index (κ1) is 15.5. The first-order valence-corrected chi connectivity index (χ1v) is 7.50. The van der Waals surface area contributed by atoms with Crippen molar-refractivity contribution in [3.05, 3.63) is 28.7 Å². The summed E-state index contributed by atoms with van der Waals surface area (Å²) in [5, 5.41) is 3.45. The third kappa shape index (κ3) is 7.02. The Balaban J connectivity index is 2.13. The van der Waals surface area contributed by atoms with Gasteiger partial charge in [-0.15, -0.1) is 0 Å². The van der Waals surface area contributed by atoms with E-state index in [1.807, 2.05) is 24.3 Å². The normalized spacial score (nSPS) is 12.7. The Morgan fingerprint density at radius 2 is 1.83 bits per heavy atom. The number of nitrogens with one attached hydrogen (secondary N) is 1. The maximum Gasteiger partial charge on any atom is 0.119 e. The number of benzene rings is 1. The van der Waals surface area contributed by atoms with Gasteiger partial charge in [-0.1, -0.05) is 29.8 Å². The maximum absolute atomic E-state index is 5.85. The van der Waals surface area contributed by atoms with Gasteiger partial charge in [-0.3, -0.25) is 0 Å². The van der Waals surface area contributed by atoms with Gasteiger partial charge < -0.3 is 10.1 Å². The molecular formula is C15H24BrNO. The third-order valence-corrected chi connectivity index (χ3v) is 3.20. The number of hydrogen-bond donors (Lipinski definition) is 1. The van der Waals surface area contributed by atoms with E-state index in [1.165, 1.54) is 0 Å². The highest BCUT2D eigenvalue weighted by Crippen LogP contribution is 2.18. The van der Waals surface area contributed by atoms with Crippen molar-refractivity contribution >= 4 is 15.9 Å². The second kappa shape index (κ2) is 8.54. The van der Waals surface area contributed by atoms with Crippen LogP contribution in [0.2, 0.25) is 0 Å². The zero-order chi connectivity index (χ0) is 13.4. The SMILES string of the molecule is CC(C)CNCCCC(C)Oc1ccc(Br)cc1. The van der Waals surface area contributed by atoms with E-state index >= 15 is 0 Å². The fourth-order valence-electron chi connectivity index (χ4n) is 1.71. The van der Waals surface area contributed by atoms with E-state index in [4.69, 9.17) is 4.74 Å². The molecule has 0 saturated heterocycles. The topological polar surface area (TPSA) is 21.3 Å². The van der Waals surface area contributed by atoms with E-state index in [-0.39, 0.29) is 6.10 Å². The number of ether oxygens (including phenoxy) is 1. The molecule has 1 atom stereocenters. The van der Waals surface area contributed by atoms with Crippen molar-refractivity contribution in [1.29, 1.82) is 0 Å². The first-order chi connectivity index (χ1) is 8.58. The van der Waals surface area contributed by atoms with Crippen LogP contribution in [0.25, 0.3) is 0 Å². The molecule has 1 unspecified atom stereocenters. The molecule has 3 heteroatoms. The van der Waals surface area contributed by atoms with Crippen molar-refractivity contribution in [2.45, 2.75) is 39.7 Å². The molecule has 18 heavy (non-hydrogen) atoms. The van der Waals surface area contributed by atoms with E-state index in [9.17, 15) is 0 Å². The van der Waals surface area contributed by atoms with Crippen molar-refractivity contribution in [2.75, 3.05) is 13.1 Å². The molecule has 0 saturated carbocycles. The molecule has 1 N–H and O–H groups in total. The summed E-state index contributed by atoms with van der Waals surface area (Å²) in [4.78, 5) is 0. The molecule has 0 aliphatic heterocycles. The molecule has 0 aliphatic rings. The van der Waals surface area contributed by atoms with Gasteiger partial charge in [-0.25, -0.2) is 0 Å². The van der Waals surface area contributed by atoms with Crippen LogP contribution in [-0.4, -0.2) is 19.2 Å². The standard InChI is InChI=1S/C15H24BrNO/c1-12(2)11-17-10-4-5-13(3)18-15-8-6-14(16)7-9-15/h6-9,12-13,17H,4-5,10-11H2,1-3H3. The Hall–Kier alpha value is -0.540. The van der Waals surface area contributed by atoms with Crippen LogP contribution in [0.1, 0.15) is 33.6 Å². The second-order valence-corrected chi connectivity index (χ2v) is 6.04. The van der Waals surface area contributed by atoms with Crippen LogP contribution >= 0.6 is 15.9 Å². The fraction of sp³-hybridized carbons (Fsp3) is 0.600. The molecule has 0 spiro atoms. The Morgan fingerprint density at radius 3 is 2.44 bits per heavy atom. The molecule has 1 rings (SSSR count). The molecule has 0 amide bonds. The molecule has 0 heterocycles. The zero-order valence-corrected chi connectivity index (χ0v) is 13.2. The number of hydrogen-bond acceptors (Lipinski definition) is 2. The summed E-state index contributed by atoms with van der Waals surface area (Å²) in [6.07, 6.45) is 2.51. The van der Waals surface area contributed by atoms with Crippen LogP contribution in [0.15, 0.2) is 28.7 Å². The predicted octanol–water partition coefficient (Wildman–Crippen LogP) is 4.24. The van der Waals surface area contributed by atoms with Gasteiger partial charge in [0.15, 0.2) is 0 Å². The van der Waals surface area contributed by atoms with Crippen LogP contribution in [0.5, 0.6) is 5.75 Å². The number of halogens is 1. The van der Waals surface area contributed by atoms with Crippen LogP contribution in [0, 0.1) is 5.92 Å². The molecule has 1 aromatic rings. The molecule has 102 valence electrons. The summed E-state index contributed by atoms with van der Waals surface area (Å²) in [6.45, 7) is 8.76. The lowest BCUT2D eigenvalue weighted by Gasteiger charge is -2.15. The molecule has 0 aromatic heterocycles. The monoisotopic (exact) mass is 313 g/mol. The molecule has 0 radical (unpaired) electrons. The van der Waals surface area contributed by atoms with Gasteiger partial charge in [-0.05, 0) is 63.0 Å². The van der Waals surface area contributed by atoms with Crippen molar-refractivity contribution in [2.24, 2.45) is 5.92 Å². The van der Waals surface area contributed by atoms with E-state index in [2.05, 4.69) is 42.0 Å². The van der Waals surface area contributed by atoms with Crippen molar-refractivity contribution in [1.82, 2.24) is 5.32 Å². The summed E-state index contributed by atoms with van der Waals surface area (Å²) < 4.78 is 6.93. The highest BCUT2D eigenvalue weighted by Gasteiger charge is 2.03. The lowest BCUT2D eigenvalue weighted by atomic mass is 10.2. The van der Waals surface area contributed by atoms with Crippen LogP contribution < -0.4 is 10.1 Å². The highest BCUT2D eigenvalue weighted by molar-refractivity contribution is 9.10. The van der Waals surface area contributed by atoms with Gasteiger partial charge in [0.05, 0.1) is 6.10 Å². The van der Waals surface area contributed by atoms with Gasteiger partial charge >= 0.3 is 0 Å². The Bertz CT molecular complexity index is 324. The fourth-order valence-corrected chi connectivity index (χ4v) is 1.97. The maximum atomic E-state index is 5.85. The summed E-state index contributed by atoms with van der Waals surface area (Å²) in [6, 6.07) is 8.01. The minimum absolute atomic E-state index is 0.270. The minimum Gasteiger partial charge on any atom is -0.491 e. The van der Waals surface area contributed by atoms with E-state index < -0.39 is 0 Å². The lowest BCUT2D eigenvalue weighted by Crippen LogP contribution is -2.22. The van der Waals surface area contributed by atoms with E-state index in [1.54, 1.807) is 0 Å². The molecule has 0 bridgehead atoms. The highest BCUT2D eigenvalue weighted by atomic mass is 79.9. The smallest absolute Gasteiger partial charge is 0.119 e. The quantitative estimate of drug-likeness (QED) is 0.725. The van der Waals surface area contributed by atoms with Crippen LogP contribution in [0.3, 0.4) is 0 Å². The molecule has 2 nitrogen and oxygen atoms in total. The van der Waals surface area contributed by atoms with Gasteiger partial charge in [0, 0.05) is 4.47 Å². The third-order valence-electron chi connectivity index (χ3n) is 2.67. The summed E-state index contributed by atoms with van der Waals surface area (Å²) >= 11 is 3.42. The van der Waals surface area contributed by atoms with Gasteiger partial charge in [0.1, 0.15) is 5.75 Å². The van der Waals surface area contributed by atoms with Crippen molar-refractivity contribution in [3.8, 4) is 5.75 Å². The van der Waals surface area contributed by atoms with E-state index in [0.717, 1.165) is 42.1 Å². The molecule has 0 aliphatic carbocycles.